The van der Waals surface area contributed by atoms with Gasteiger partial charge in [-0.25, -0.2) is 4.39 Å². The van der Waals surface area contributed by atoms with Crippen molar-refractivity contribution in [1.82, 2.24) is 0 Å². The fourth-order valence-corrected chi connectivity index (χ4v) is 2.36. The van der Waals surface area contributed by atoms with Crippen LogP contribution in [0.4, 0.5) is 10.1 Å². The second-order valence-corrected chi connectivity index (χ2v) is 5.12. The highest BCUT2D eigenvalue weighted by Gasteiger charge is 2.11. The molecule has 0 aliphatic carbocycles. The lowest BCUT2D eigenvalue weighted by Gasteiger charge is -2.10. The number of halogens is 2. The molecule has 104 valence electrons. The molecule has 3 nitrogen and oxygen atoms in total. The average Bonchev–Trinajstić information content (AvgIpc) is 2.38. The Balaban J connectivity index is 2.21. The van der Waals surface area contributed by atoms with E-state index in [4.69, 9.17) is 4.74 Å². The maximum absolute atomic E-state index is 13.0. The lowest BCUT2D eigenvalue weighted by atomic mass is 10.1. The van der Waals surface area contributed by atoms with Gasteiger partial charge in [-0.05, 0) is 64.8 Å². The van der Waals surface area contributed by atoms with Gasteiger partial charge in [-0.3, -0.25) is 4.79 Å². The molecule has 5 heteroatoms. The van der Waals surface area contributed by atoms with Gasteiger partial charge >= 0.3 is 0 Å². The third-order valence-electron chi connectivity index (χ3n) is 2.83. The first-order valence-electron chi connectivity index (χ1n) is 5.92. The van der Waals surface area contributed by atoms with Crippen LogP contribution in [0.2, 0.25) is 0 Å². The van der Waals surface area contributed by atoms with Gasteiger partial charge in [0.2, 0.25) is 0 Å². The van der Waals surface area contributed by atoms with Crippen molar-refractivity contribution < 1.29 is 13.9 Å². The summed E-state index contributed by atoms with van der Waals surface area (Å²) in [5.41, 5.74) is 1.95. The van der Waals surface area contributed by atoms with Gasteiger partial charge in [0, 0.05) is 10.2 Å². The molecule has 0 aliphatic heterocycles. The van der Waals surface area contributed by atoms with E-state index in [0.29, 0.717) is 15.7 Å². The van der Waals surface area contributed by atoms with Gasteiger partial charge in [0.1, 0.15) is 11.6 Å². The van der Waals surface area contributed by atoms with Crippen molar-refractivity contribution >= 4 is 27.5 Å². The molecule has 0 saturated carbocycles. The smallest absolute Gasteiger partial charge is 0.256 e. The van der Waals surface area contributed by atoms with Crippen molar-refractivity contribution in [2.45, 2.75) is 6.92 Å². The number of rotatable bonds is 3. The number of aryl methyl sites for hydroxylation is 1. The lowest BCUT2D eigenvalue weighted by Crippen LogP contribution is -2.12. The van der Waals surface area contributed by atoms with Gasteiger partial charge in [0.05, 0.1) is 12.7 Å². The summed E-state index contributed by atoms with van der Waals surface area (Å²) in [5.74, 6) is 0.0566. The van der Waals surface area contributed by atoms with Crippen LogP contribution in [0.1, 0.15) is 15.9 Å². The van der Waals surface area contributed by atoms with Gasteiger partial charge in [-0.1, -0.05) is 0 Å². The second kappa shape index (κ2) is 6.05. The van der Waals surface area contributed by atoms with E-state index in [9.17, 15) is 9.18 Å². The Labute approximate surface area is 124 Å². The molecule has 0 atom stereocenters. The maximum Gasteiger partial charge on any atom is 0.256 e. The van der Waals surface area contributed by atoms with Crippen molar-refractivity contribution in [3.8, 4) is 5.75 Å². The van der Waals surface area contributed by atoms with Crippen LogP contribution in [0.5, 0.6) is 5.75 Å². The molecular formula is C15H13BrFNO2. The van der Waals surface area contributed by atoms with E-state index >= 15 is 0 Å². The van der Waals surface area contributed by atoms with Crippen LogP contribution in [0.15, 0.2) is 40.9 Å². The van der Waals surface area contributed by atoms with Crippen LogP contribution >= 0.6 is 15.9 Å². The summed E-state index contributed by atoms with van der Waals surface area (Å²) >= 11 is 3.18. The summed E-state index contributed by atoms with van der Waals surface area (Å²) in [6.07, 6.45) is 0. The minimum absolute atomic E-state index is 0.304. The molecule has 1 N–H and O–H groups in total. The first-order valence-corrected chi connectivity index (χ1v) is 6.71. The molecule has 0 bridgehead atoms. The molecule has 20 heavy (non-hydrogen) atoms. The van der Waals surface area contributed by atoms with Crippen LogP contribution in [-0.4, -0.2) is 13.0 Å². The normalized spacial score (nSPS) is 10.2. The SMILES string of the molecule is COc1ccc(NC(=O)c2ccc(F)cc2Br)cc1C. The minimum Gasteiger partial charge on any atom is -0.496 e. The largest absolute Gasteiger partial charge is 0.496 e. The Morgan fingerprint density at radius 1 is 1.25 bits per heavy atom. The van der Waals surface area contributed by atoms with E-state index in [0.717, 1.165) is 11.3 Å². The highest BCUT2D eigenvalue weighted by Crippen LogP contribution is 2.23. The Morgan fingerprint density at radius 3 is 2.60 bits per heavy atom. The molecule has 0 saturated heterocycles. The van der Waals surface area contributed by atoms with Gasteiger partial charge in [0.25, 0.3) is 5.91 Å². The van der Waals surface area contributed by atoms with E-state index in [1.165, 1.54) is 18.2 Å². The number of anilines is 1. The monoisotopic (exact) mass is 337 g/mol. The van der Waals surface area contributed by atoms with Crippen LogP contribution in [0, 0.1) is 12.7 Å². The molecule has 0 unspecified atom stereocenters. The van der Waals surface area contributed by atoms with Crippen LogP contribution in [-0.2, 0) is 0 Å². The number of benzene rings is 2. The number of carbonyl (C=O) groups excluding carboxylic acids is 1. The van der Waals surface area contributed by atoms with E-state index < -0.39 is 5.82 Å². The number of nitrogens with one attached hydrogen (secondary N) is 1. The number of ether oxygens (including phenoxy) is 1. The van der Waals surface area contributed by atoms with Gasteiger partial charge in [0.15, 0.2) is 0 Å². The van der Waals surface area contributed by atoms with E-state index in [2.05, 4.69) is 21.2 Å². The summed E-state index contributed by atoms with van der Waals surface area (Å²) in [5, 5.41) is 2.76. The molecule has 2 aromatic rings. The summed E-state index contributed by atoms with van der Waals surface area (Å²) in [6, 6.07) is 9.29. The molecule has 0 heterocycles. The third kappa shape index (κ3) is 3.17. The van der Waals surface area contributed by atoms with Crippen molar-refractivity contribution in [1.29, 1.82) is 0 Å². The summed E-state index contributed by atoms with van der Waals surface area (Å²) in [7, 11) is 1.59. The van der Waals surface area contributed by atoms with Gasteiger partial charge in [-0.2, -0.15) is 0 Å². The molecule has 0 spiro atoms. The van der Waals surface area contributed by atoms with Crippen molar-refractivity contribution in [3.05, 3.63) is 57.8 Å². The quantitative estimate of drug-likeness (QED) is 0.913. The summed E-state index contributed by atoms with van der Waals surface area (Å²) in [4.78, 5) is 12.1. The average molecular weight is 338 g/mol. The van der Waals surface area contributed by atoms with Gasteiger partial charge < -0.3 is 10.1 Å². The summed E-state index contributed by atoms with van der Waals surface area (Å²) < 4.78 is 18.6. The molecule has 0 aromatic heterocycles. The molecule has 0 aliphatic rings. The molecule has 1 amide bonds. The summed E-state index contributed by atoms with van der Waals surface area (Å²) in [6.45, 7) is 1.89. The van der Waals surface area contributed by atoms with Crippen molar-refractivity contribution in [3.63, 3.8) is 0 Å². The molecule has 2 rings (SSSR count). The lowest BCUT2D eigenvalue weighted by molar-refractivity contribution is 0.102. The Hall–Kier alpha value is -1.88. The zero-order valence-electron chi connectivity index (χ0n) is 11.0. The predicted molar refractivity (Wildman–Crippen MR) is 79.8 cm³/mol. The number of methoxy groups -OCH3 is 1. The highest BCUT2D eigenvalue weighted by molar-refractivity contribution is 9.10. The molecular weight excluding hydrogens is 325 g/mol. The van der Waals surface area contributed by atoms with Crippen LogP contribution in [0.3, 0.4) is 0 Å². The zero-order chi connectivity index (χ0) is 14.7. The second-order valence-electron chi connectivity index (χ2n) is 4.26. The number of hydrogen-bond acceptors (Lipinski definition) is 2. The topological polar surface area (TPSA) is 38.3 Å². The fraction of sp³-hybridized carbons (Fsp3) is 0.133. The molecule has 2 aromatic carbocycles. The predicted octanol–water partition coefficient (Wildman–Crippen LogP) is 4.16. The van der Waals surface area contributed by atoms with Gasteiger partial charge in [-0.15, -0.1) is 0 Å². The maximum atomic E-state index is 13.0. The van der Waals surface area contributed by atoms with Crippen LogP contribution in [0.25, 0.3) is 0 Å². The Morgan fingerprint density at radius 2 is 2.00 bits per heavy atom. The first kappa shape index (κ1) is 14.5. The minimum atomic E-state index is -0.395. The fourth-order valence-electron chi connectivity index (χ4n) is 1.83. The highest BCUT2D eigenvalue weighted by atomic mass is 79.9. The molecule has 0 radical (unpaired) electrons. The van der Waals surface area contributed by atoms with E-state index in [-0.39, 0.29) is 5.91 Å². The van der Waals surface area contributed by atoms with E-state index in [1.54, 1.807) is 19.2 Å². The van der Waals surface area contributed by atoms with Crippen molar-refractivity contribution in [2.24, 2.45) is 0 Å². The third-order valence-corrected chi connectivity index (χ3v) is 3.48. The van der Waals surface area contributed by atoms with E-state index in [1.807, 2.05) is 13.0 Å². The standard InChI is InChI=1S/C15H13BrFNO2/c1-9-7-11(4-6-14(9)20-2)18-15(19)12-5-3-10(17)8-13(12)16/h3-8H,1-2H3,(H,18,19). The Bertz CT molecular complexity index is 658. The van der Waals surface area contributed by atoms with Crippen LogP contribution < -0.4 is 10.1 Å². The zero-order valence-corrected chi connectivity index (χ0v) is 12.6. The first-order chi connectivity index (χ1) is 9.51. The number of hydrogen-bond donors (Lipinski definition) is 1. The van der Waals surface area contributed by atoms with Crippen molar-refractivity contribution in [2.75, 3.05) is 12.4 Å². The molecule has 0 fully saturated rings. The number of amides is 1. The Kier molecular flexibility index (Phi) is 4.39. The number of carbonyl (C=O) groups is 1.